The first-order chi connectivity index (χ1) is 36.7. The van der Waals surface area contributed by atoms with Crippen molar-refractivity contribution in [3.8, 4) is 33.8 Å². The largest absolute Gasteiger partial charge is 0.534 e. The van der Waals surface area contributed by atoms with Gasteiger partial charge in [-0.2, -0.15) is 43.2 Å². The highest BCUT2D eigenvalue weighted by Crippen LogP contribution is 2.69. The van der Waals surface area contributed by atoms with E-state index in [9.17, 15) is 43.2 Å². The molecule has 0 fully saturated rings. The van der Waals surface area contributed by atoms with Crippen LogP contribution < -0.4 is 8.37 Å². The SMILES string of the molecule is CC.Cc1cc2c(c(Br)c1-c1ccccc1)C1(CC2(C)C)CC(C)(C)c2cc(C)c(-c3ccccc3)c(Br)c21.Cc1cc2c(c(Br)c1OS(=O)(=O)C(F)(F)F)C1(CC2(C)C)CC(C)(C)c2cc(C)c(OS(=O)(=O)C(F)(F)F)c(Br)c21. The fourth-order valence-electron chi connectivity index (χ4n) is 14.0. The van der Waals surface area contributed by atoms with Gasteiger partial charge in [0, 0.05) is 19.8 Å². The Morgan fingerprint density at radius 1 is 0.412 bits per heavy atom. The number of alkyl halides is 6. The van der Waals surface area contributed by atoms with E-state index in [1.54, 1.807) is 0 Å². The van der Waals surface area contributed by atoms with Crippen LogP contribution >= 0.6 is 63.7 Å². The molecule has 2 spiro atoms. The van der Waals surface area contributed by atoms with Crippen LogP contribution in [-0.2, 0) is 52.7 Å². The van der Waals surface area contributed by atoms with Crippen LogP contribution in [0.2, 0.25) is 0 Å². The van der Waals surface area contributed by atoms with Crippen molar-refractivity contribution in [2.24, 2.45) is 0 Å². The first kappa shape index (κ1) is 62.4. The van der Waals surface area contributed by atoms with E-state index >= 15 is 0 Å². The van der Waals surface area contributed by atoms with Gasteiger partial charge in [-0.1, -0.05) is 154 Å². The molecule has 0 amide bonds. The zero-order chi connectivity index (χ0) is 59.8. The van der Waals surface area contributed by atoms with Gasteiger partial charge in [0.1, 0.15) is 0 Å². The maximum atomic E-state index is 13.2. The van der Waals surface area contributed by atoms with Crippen LogP contribution in [0.4, 0.5) is 26.3 Å². The number of aryl methyl sites for hydroxylation is 4. The molecule has 4 aliphatic rings. The molecule has 0 bridgehead atoms. The molecule has 18 heteroatoms. The van der Waals surface area contributed by atoms with Crippen molar-refractivity contribution in [2.75, 3.05) is 0 Å². The third-order valence-electron chi connectivity index (χ3n) is 16.6. The van der Waals surface area contributed by atoms with Crippen molar-refractivity contribution in [3.63, 3.8) is 0 Å². The maximum absolute atomic E-state index is 13.2. The van der Waals surface area contributed by atoms with E-state index in [0.29, 0.717) is 35.1 Å². The lowest BCUT2D eigenvalue weighted by molar-refractivity contribution is -0.0505. The fraction of sp³-hybridized carbons (Fsp3) is 0.419. The molecule has 0 saturated carbocycles. The van der Waals surface area contributed by atoms with Crippen molar-refractivity contribution < 1.29 is 51.5 Å². The number of hydrogen-bond acceptors (Lipinski definition) is 6. The molecule has 6 nitrogen and oxygen atoms in total. The van der Waals surface area contributed by atoms with E-state index in [1.165, 1.54) is 90.6 Å². The molecule has 4 aliphatic carbocycles. The highest BCUT2D eigenvalue weighted by Gasteiger charge is 2.61. The van der Waals surface area contributed by atoms with Gasteiger partial charge < -0.3 is 8.37 Å². The zero-order valence-corrected chi connectivity index (χ0v) is 54.9. The summed E-state index contributed by atoms with van der Waals surface area (Å²) in [5.41, 5.74) is 2.41. The van der Waals surface area contributed by atoms with Crippen molar-refractivity contribution in [1.29, 1.82) is 0 Å². The lowest BCUT2D eigenvalue weighted by Gasteiger charge is -2.32. The van der Waals surface area contributed by atoms with Gasteiger partial charge >= 0.3 is 31.3 Å². The molecule has 430 valence electrons. The van der Waals surface area contributed by atoms with Gasteiger partial charge in [0.25, 0.3) is 0 Å². The van der Waals surface area contributed by atoms with Crippen LogP contribution in [0.15, 0.2) is 103 Å². The fourth-order valence-corrected chi connectivity index (χ4v) is 19.5. The average molecular weight is 1400 g/mol. The Kier molecular flexibility index (Phi) is 16.0. The Bertz CT molecular complexity index is 3500. The highest BCUT2D eigenvalue weighted by atomic mass is 79.9. The first-order valence-electron chi connectivity index (χ1n) is 26.2. The van der Waals surface area contributed by atoms with E-state index in [1.807, 2.05) is 41.5 Å². The number of fused-ring (bicyclic) bond motifs is 8. The first-order valence-corrected chi connectivity index (χ1v) is 32.2. The van der Waals surface area contributed by atoms with Crippen LogP contribution in [0, 0.1) is 27.7 Å². The summed E-state index contributed by atoms with van der Waals surface area (Å²) in [6, 6.07) is 29.8. The molecule has 0 aromatic heterocycles. The van der Waals surface area contributed by atoms with E-state index < -0.39 is 59.0 Å². The quantitative estimate of drug-likeness (QED) is 0.0938. The van der Waals surface area contributed by atoms with Gasteiger partial charge in [-0.15, -0.1) is 0 Å². The Morgan fingerprint density at radius 3 is 0.900 bits per heavy atom. The standard InChI is InChI=1S/C35H34Br2.C25H24Br2F6O6S2.C2H6/c1-21-17-25-29(31(36)27(21)23-13-9-7-10-14-23)35(19-33(25,3)4)20-34(5,6)26-18-22(2)28(32(37)30(26)35)24-15-11-8-12-16-24;1-11-7-13-15(17(26)19(11)38-40(34,35)24(28,29)30)23(9-21(13,3)4)10-22(5,6)14-8-12(2)20(18(27)16(14)23)39-41(36,37)25(31,32)33;1-2/h7-18H,19-20H2,1-6H3;7-8H,9-10H2,1-6H3;1-2H3. The Balaban J connectivity index is 0.000000205. The summed E-state index contributed by atoms with van der Waals surface area (Å²) in [6.45, 7) is 28.6. The summed E-state index contributed by atoms with van der Waals surface area (Å²) < 4.78 is 139. The summed E-state index contributed by atoms with van der Waals surface area (Å²) >= 11 is 15.1. The van der Waals surface area contributed by atoms with Crippen molar-refractivity contribution in [2.45, 2.75) is 166 Å². The van der Waals surface area contributed by atoms with Crippen LogP contribution in [0.5, 0.6) is 11.5 Å². The van der Waals surface area contributed by atoms with Crippen LogP contribution in [0.1, 0.15) is 162 Å². The Labute approximate surface area is 501 Å². The molecule has 6 aromatic rings. The smallest absolute Gasteiger partial charge is 0.375 e. The third-order valence-corrected chi connectivity index (χ3v) is 21.6. The lowest BCUT2D eigenvalue weighted by atomic mass is 9.72. The Hall–Kier alpha value is -3.68. The second-order valence-corrected chi connectivity index (χ2v) is 30.5. The summed E-state index contributed by atoms with van der Waals surface area (Å²) in [5, 5.41) is 0. The second kappa shape index (κ2) is 20.5. The predicted octanol–water partition coefficient (Wildman–Crippen LogP) is 19.8. The van der Waals surface area contributed by atoms with Gasteiger partial charge in [-0.3, -0.25) is 0 Å². The minimum atomic E-state index is -6.05. The molecule has 0 heterocycles. The molecule has 6 aromatic carbocycles. The molecule has 0 unspecified atom stereocenters. The molecule has 0 radical (unpaired) electrons. The van der Waals surface area contributed by atoms with Gasteiger partial charge in [0.15, 0.2) is 11.5 Å². The predicted molar refractivity (Wildman–Crippen MR) is 321 cm³/mol. The maximum Gasteiger partial charge on any atom is 0.534 e. The third kappa shape index (κ3) is 9.96. The Morgan fingerprint density at radius 2 is 0.650 bits per heavy atom. The molecule has 80 heavy (non-hydrogen) atoms. The summed E-state index contributed by atoms with van der Waals surface area (Å²) in [7, 11) is -12.1. The summed E-state index contributed by atoms with van der Waals surface area (Å²) in [4.78, 5) is 0. The van der Waals surface area contributed by atoms with Crippen LogP contribution in [0.25, 0.3) is 22.3 Å². The molecular weight excluding hydrogens is 1340 g/mol. The number of hydrogen-bond donors (Lipinski definition) is 0. The van der Waals surface area contributed by atoms with Crippen LogP contribution in [0.3, 0.4) is 0 Å². The van der Waals surface area contributed by atoms with Gasteiger partial charge in [0.2, 0.25) is 0 Å². The molecule has 0 aliphatic heterocycles. The summed E-state index contributed by atoms with van der Waals surface area (Å²) in [5.74, 6) is -1.16. The highest BCUT2D eigenvalue weighted by molar-refractivity contribution is 9.11. The van der Waals surface area contributed by atoms with E-state index in [4.69, 9.17) is 0 Å². The number of benzene rings is 6. The van der Waals surface area contributed by atoms with E-state index in [0.717, 1.165) is 12.8 Å². The zero-order valence-electron chi connectivity index (χ0n) is 47.0. The molecular formula is C62H64Br4F6O6S2. The van der Waals surface area contributed by atoms with Gasteiger partial charge in [0.05, 0.1) is 8.95 Å². The molecule has 0 N–H and O–H groups in total. The normalized spacial score (nSPS) is 18.4. The van der Waals surface area contributed by atoms with Crippen molar-refractivity contribution in [1.82, 2.24) is 0 Å². The minimum absolute atomic E-state index is 0.0626. The topological polar surface area (TPSA) is 86.7 Å². The van der Waals surface area contributed by atoms with E-state index in [-0.39, 0.29) is 36.3 Å². The average Bonchev–Trinajstić information content (AvgIpc) is 3.88. The lowest BCUT2D eigenvalue weighted by Crippen LogP contribution is -2.30. The summed E-state index contributed by atoms with van der Waals surface area (Å²) in [6.07, 6.45) is 2.81. The molecule has 10 rings (SSSR count). The van der Waals surface area contributed by atoms with Gasteiger partial charge in [-0.05, 0) is 228 Å². The van der Waals surface area contributed by atoms with Gasteiger partial charge in [-0.25, -0.2) is 0 Å². The monoisotopic (exact) mass is 1400 g/mol. The van der Waals surface area contributed by atoms with Crippen LogP contribution in [-0.4, -0.2) is 27.9 Å². The van der Waals surface area contributed by atoms with Crippen molar-refractivity contribution in [3.05, 3.63) is 170 Å². The van der Waals surface area contributed by atoms with Crippen molar-refractivity contribution >= 4 is 84.0 Å². The molecule has 0 atom stereocenters. The molecule has 0 saturated heterocycles. The van der Waals surface area contributed by atoms with E-state index in [2.05, 4.69) is 186 Å². The second-order valence-electron chi connectivity index (χ2n) is 24.2. The minimum Gasteiger partial charge on any atom is -0.375 e. The number of halogens is 10. The number of rotatable bonds is 6.